The lowest BCUT2D eigenvalue weighted by Gasteiger charge is -2.23. The summed E-state index contributed by atoms with van der Waals surface area (Å²) in [6, 6.07) is 0.354. The molecule has 0 radical (unpaired) electrons. The lowest BCUT2D eigenvalue weighted by atomic mass is 9.90. The van der Waals surface area contributed by atoms with E-state index >= 15 is 0 Å². The van der Waals surface area contributed by atoms with E-state index in [2.05, 4.69) is 13.8 Å². The van der Waals surface area contributed by atoms with Gasteiger partial charge >= 0.3 is 0 Å². The van der Waals surface area contributed by atoms with Crippen LogP contribution in [0.1, 0.15) is 46.0 Å². The predicted octanol–water partition coefficient (Wildman–Crippen LogP) is 2.07. The molecule has 2 nitrogen and oxygen atoms in total. The first kappa shape index (κ1) is 9.47. The highest BCUT2D eigenvalue weighted by Gasteiger charge is 2.47. The van der Waals surface area contributed by atoms with E-state index in [4.69, 9.17) is 10.5 Å². The highest BCUT2D eigenvalue weighted by Crippen LogP contribution is 2.53. The van der Waals surface area contributed by atoms with Crippen molar-refractivity contribution < 1.29 is 4.74 Å². The van der Waals surface area contributed by atoms with E-state index in [9.17, 15) is 0 Å². The summed E-state index contributed by atoms with van der Waals surface area (Å²) >= 11 is 0. The average Bonchev–Trinajstić information content (AvgIpc) is 2.72. The molecule has 2 aliphatic rings. The van der Waals surface area contributed by atoms with Gasteiger partial charge in [-0.3, -0.25) is 0 Å². The first-order valence-corrected chi connectivity index (χ1v) is 5.53. The minimum atomic E-state index is 0.354. The minimum Gasteiger partial charge on any atom is -0.375 e. The summed E-state index contributed by atoms with van der Waals surface area (Å²) < 4.78 is 5.83. The summed E-state index contributed by atoms with van der Waals surface area (Å²) in [4.78, 5) is 0. The molecule has 13 heavy (non-hydrogen) atoms. The van der Waals surface area contributed by atoms with E-state index in [1.54, 1.807) is 0 Å². The summed E-state index contributed by atoms with van der Waals surface area (Å²) in [6.45, 7) is 4.32. The zero-order chi connectivity index (χ0) is 9.47. The number of hydrogen-bond acceptors (Lipinski definition) is 2. The molecule has 2 N–H and O–H groups in total. The number of ether oxygens (including phenoxy) is 1. The predicted molar refractivity (Wildman–Crippen MR) is 53.5 cm³/mol. The first-order valence-electron chi connectivity index (χ1n) is 5.53. The molecule has 2 heteroatoms. The van der Waals surface area contributed by atoms with Crippen molar-refractivity contribution >= 4 is 0 Å². The van der Waals surface area contributed by atoms with Gasteiger partial charge in [0.2, 0.25) is 0 Å². The van der Waals surface area contributed by atoms with Crippen LogP contribution in [0.5, 0.6) is 0 Å². The highest BCUT2D eigenvalue weighted by atomic mass is 16.5. The largest absolute Gasteiger partial charge is 0.375 e. The fourth-order valence-corrected chi connectivity index (χ4v) is 2.49. The van der Waals surface area contributed by atoms with Gasteiger partial charge in [-0.1, -0.05) is 0 Å². The van der Waals surface area contributed by atoms with Crippen LogP contribution in [0.4, 0.5) is 0 Å². The van der Waals surface area contributed by atoms with Gasteiger partial charge in [-0.05, 0) is 51.4 Å². The average molecular weight is 183 g/mol. The quantitative estimate of drug-likeness (QED) is 0.727. The van der Waals surface area contributed by atoms with Crippen LogP contribution in [0.2, 0.25) is 0 Å². The van der Waals surface area contributed by atoms with Gasteiger partial charge in [-0.2, -0.15) is 0 Å². The molecule has 0 spiro atoms. The number of rotatable bonds is 3. The molecule has 0 amide bonds. The van der Waals surface area contributed by atoms with Crippen molar-refractivity contribution in [3.8, 4) is 0 Å². The molecule has 0 bridgehead atoms. The molecule has 0 aromatic rings. The maximum absolute atomic E-state index is 5.99. The van der Waals surface area contributed by atoms with Crippen LogP contribution < -0.4 is 5.73 Å². The normalized spacial score (nSPS) is 39.0. The van der Waals surface area contributed by atoms with E-state index < -0.39 is 0 Å². The molecule has 1 heterocycles. The molecular formula is C11H21NO. The molecule has 0 aromatic heterocycles. The maximum atomic E-state index is 5.99. The molecule has 1 saturated carbocycles. The highest BCUT2D eigenvalue weighted by molar-refractivity contribution is 5.01. The first-order chi connectivity index (χ1) is 6.12. The van der Waals surface area contributed by atoms with Crippen molar-refractivity contribution in [1.29, 1.82) is 0 Å². The smallest absolute Gasteiger partial charge is 0.0585 e. The zero-order valence-electron chi connectivity index (χ0n) is 8.75. The Morgan fingerprint density at radius 2 is 2.15 bits per heavy atom. The lowest BCUT2D eigenvalue weighted by Crippen LogP contribution is -2.31. The van der Waals surface area contributed by atoms with E-state index in [0.29, 0.717) is 23.7 Å². The molecule has 2 fully saturated rings. The van der Waals surface area contributed by atoms with Gasteiger partial charge in [0.15, 0.2) is 0 Å². The van der Waals surface area contributed by atoms with Crippen molar-refractivity contribution in [3.63, 3.8) is 0 Å². The van der Waals surface area contributed by atoms with E-state index in [-0.39, 0.29) is 0 Å². The van der Waals surface area contributed by atoms with Gasteiger partial charge in [0.05, 0.1) is 12.2 Å². The maximum Gasteiger partial charge on any atom is 0.0585 e. The second-order valence-electron chi connectivity index (χ2n) is 5.00. The molecular weight excluding hydrogens is 162 g/mol. The standard InChI is InChI=1S/C11H21NO/c1-8-3-4-10(13-8)7-11(5-6-11)9(2)12/h8-10H,3-7,12H2,1-2H3. The van der Waals surface area contributed by atoms with Crippen LogP contribution in [0.25, 0.3) is 0 Å². The van der Waals surface area contributed by atoms with E-state index in [1.165, 1.54) is 32.1 Å². The zero-order valence-corrected chi connectivity index (χ0v) is 8.75. The molecule has 3 unspecified atom stereocenters. The lowest BCUT2D eigenvalue weighted by molar-refractivity contribution is 0.0354. The molecule has 3 atom stereocenters. The second-order valence-corrected chi connectivity index (χ2v) is 5.00. The summed E-state index contributed by atoms with van der Waals surface area (Å²) in [7, 11) is 0. The third-order valence-electron chi connectivity index (χ3n) is 3.81. The van der Waals surface area contributed by atoms with Crippen molar-refractivity contribution in [2.75, 3.05) is 0 Å². The fourth-order valence-electron chi connectivity index (χ4n) is 2.49. The Balaban J connectivity index is 1.84. The van der Waals surface area contributed by atoms with Gasteiger partial charge in [-0.25, -0.2) is 0 Å². The Bertz CT molecular complexity index is 187. The van der Waals surface area contributed by atoms with Gasteiger partial charge in [0.25, 0.3) is 0 Å². The Morgan fingerprint density at radius 3 is 2.54 bits per heavy atom. The van der Waals surface area contributed by atoms with Gasteiger partial charge in [-0.15, -0.1) is 0 Å². The third kappa shape index (κ3) is 1.89. The summed E-state index contributed by atoms with van der Waals surface area (Å²) in [5, 5.41) is 0. The summed E-state index contributed by atoms with van der Waals surface area (Å²) in [5.41, 5.74) is 6.44. The van der Waals surface area contributed by atoms with Crippen molar-refractivity contribution in [2.45, 2.75) is 64.2 Å². The van der Waals surface area contributed by atoms with Gasteiger partial charge in [0, 0.05) is 6.04 Å². The Labute approximate surface area is 80.8 Å². The number of hydrogen-bond donors (Lipinski definition) is 1. The van der Waals surface area contributed by atoms with Crippen molar-refractivity contribution in [3.05, 3.63) is 0 Å². The Hall–Kier alpha value is -0.0800. The van der Waals surface area contributed by atoms with Crippen molar-refractivity contribution in [1.82, 2.24) is 0 Å². The molecule has 76 valence electrons. The Kier molecular flexibility index (Phi) is 2.37. The number of nitrogens with two attached hydrogens (primary N) is 1. The third-order valence-corrected chi connectivity index (χ3v) is 3.81. The SMILES string of the molecule is CC1CCC(CC2(C(C)N)CC2)O1. The summed E-state index contributed by atoms with van der Waals surface area (Å²) in [6.07, 6.45) is 7.31. The van der Waals surface area contributed by atoms with Crippen LogP contribution >= 0.6 is 0 Å². The fraction of sp³-hybridized carbons (Fsp3) is 1.00. The van der Waals surface area contributed by atoms with Crippen LogP contribution in [-0.2, 0) is 4.74 Å². The van der Waals surface area contributed by atoms with Gasteiger partial charge in [0.1, 0.15) is 0 Å². The molecule has 2 rings (SSSR count). The topological polar surface area (TPSA) is 35.2 Å². The monoisotopic (exact) mass is 183 g/mol. The van der Waals surface area contributed by atoms with E-state index in [1.807, 2.05) is 0 Å². The summed E-state index contributed by atoms with van der Waals surface area (Å²) in [5.74, 6) is 0. The minimum absolute atomic E-state index is 0.354. The van der Waals surface area contributed by atoms with Crippen LogP contribution in [0.15, 0.2) is 0 Å². The molecule has 1 saturated heterocycles. The molecule has 1 aliphatic heterocycles. The van der Waals surface area contributed by atoms with Crippen LogP contribution in [0, 0.1) is 5.41 Å². The van der Waals surface area contributed by atoms with Crippen molar-refractivity contribution in [2.24, 2.45) is 11.1 Å². The molecule has 0 aromatic carbocycles. The van der Waals surface area contributed by atoms with Crippen LogP contribution in [0.3, 0.4) is 0 Å². The van der Waals surface area contributed by atoms with Gasteiger partial charge < -0.3 is 10.5 Å². The van der Waals surface area contributed by atoms with Crippen LogP contribution in [-0.4, -0.2) is 18.2 Å². The molecule has 1 aliphatic carbocycles. The van der Waals surface area contributed by atoms with E-state index in [0.717, 1.165) is 0 Å². The Morgan fingerprint density at radius 1 is 1.46 bits per heavy atom. The second kappa shape index (κ2) is 3.25.